The molecule has 9 nitrogen and oxygen atoms in total. The highest BCUT2D eigenvalue weighted by molar-refractivity contribution is 6.30. The molecule has 0 aliphatic heterocycles. The number of fused-ring (bicyclic) bond motifs is 2. The third-order valence-electron chi connectivity index (χ3n) is 5.99. The Hall–Kier alpha value is -5.02. The highest BCUT2D eigenvalue weighted by atomic mass is 35.5. The van der Waals surface area contributed by atoms with Crippen molar-refractivity contribution < 1.29 is 19.8 Å². The third kappa shape index (κ3) is 5.94. The monoisotopic (exact) mass is 539 g/mol. The molecule has 6 aromatic rings. The molecule has 3 aromatic heterocycles. The van der Waals surface area contributed by atoms with Gasteiger partial charge in [0.1, 0.15) is 22.7 Å². The fourth-order valence-electron chi connectivity index (χ4n) is 4.17. The molecule has 194 valence electrons. The molecule has 3 aromatic carbocycles. The zero-order valence-corrected chi connectivity index (χ0v) is 21.2. The van der Waals surface area contributed by atoms with Gasteiger partial charge in [-0.1, -0.05) is 35.9 Å². The average molecular weight is 540 g/mol. The first kappa shape index (κ1) is 25.6. The van der Waals surface area contributed by atoms with Crippen LogP contribution in [0.1, 0.15) is 43.5 Å². The van der Waals surface area contributed by atoms with Crippen molar-refractivity contribution in [3.8, 4) is 0 Å². The molecule has 0 aliphatic carbocycles. The quantitative estimate of drug-likeness (QED) is 0.211. The number of nitrogens with zero attached hydrogens (tertiary/aromatic N) is 3. The van der Waals surface area contributed by atoms with E-state index < -0.39 is 11.9 Å². The van der Waals surface area contributed by atoms with E-state index in [4.69, 9.17) is 21.8 Å². The van der Waals surface area contributed by atoms with Gasteiger partial charge in [0, 0.05) is 30.3 Å². The first-order chi connectivity index (χ1) is 18.9. The number of carbonyl (C=O) groups is 2. The van der Waals surface area contributed by atoms with Gasteiger partial charge in [0.15, 0.2) is 0 Å². The molecule has 0 aliphatic rings. The van der Waals surface area contributed by atoms with Gasteiger partial charge in [0.05, 0.1) is 22.2 Å². The second kappa shape index (κ2) is 11.2. The van der Waals surface area contributed by atoms with Gasteiger partial charge in [-0.2, -0.15) is 0 Å². The van der Waals surface area contributed by atoms with Crippen molar-refractivity contribution in [3.63, 3.8) is 0 Å². The Bertz CT molecular complexity index is 1780. The summed E-state index contributed by atoms with van der Waals surface area (Å²) in [6, 6.07) is 21.5. The van der Waals surface area contributed by atoms with Crippen LogP contribution in [-0.4, -0.2) is 47.1 Å². The molecule has 0 spiro atoms. The van der Waals surface area contributed by atoms with Gasteiger partial charge in [-0.05, 0) is 59.7 Å². The molecule has 0 fully saturated rings. The maximum absolute atomic E-state index is 11.2. The number of pyridine rings is 1. The summed E-state index contributed by atoms with van der Waals surface area (Å²) in [5.41, 5.74) is 5.02. The predicted molar refractivity (Wildman–Crippen MR) is 147 cm³/mol. The summed E-state index contributed by atoms with van der Waals surface area (Å²) < 4.78 is 0. The van der Waals surface area contributed by atoms with E-state index in [-0.39, 0.29) is 11.1 Å². The maximum atomic E-state index is 11.2. The van der Waals surface area contributed by atoms with Crippen molar-refractivity contribution in [2.75, 3.05) is 0 Å². The van der Waals surface area contributed by atoms with Crippen LogP contribution in [0.3, 0.4) is 0 Å². The summed E-state index contributed by atoms with van der Waals surface area (Å²) in [6.45, 7) is 0. The second-order valence-electron chi connectivity index (χ2n) is 8.72. The van der Waals surface area contributed by atoms with Crippen molar-refractivity contribution in [2.45, 2.75) is 12.8 Å². The van der Waals surface area contributed by atoms with E-state index in [1.165, 1.54) is 0 Å². The van der Waals surface area contributed by atoms with E-state index in [1.807, 2.05) is 48.5 Å². The molecule has 4 N–H and O–H groups in total. The number of H-pyrrole nitrogens is 2. The van der Waals surface area contributed by atoms with E-state index >= 15 is 0 Å². The number of hydrogen-bond donors (Lipinski definition) is 4. The zero-order chi connectivity index (χ0) is 27.4. The number of aromatic carboxylic acids is 2. The van der Waals surface area contributed by atoms with Gasteiger partial charge in [0.25, 0.3) is 0 Å². The standard InChI is InChI=1S/C15H11ClN2O2.C14H11N3O2/c16-10-6-4-9(5-7-10)8-13-17-12-3-1-2-11(15(19)20)14(12)18-13;18-14(19)10-2-1-3-11-13(10)17-12(16-11)8-9-4-6-15-7-5-9/h1-7H,8H2,(H,17,18)(H,19,20);1-7H,8H2,(H,16,17)(H,18,19). The topological polar surface area (TPSA) is 145 Å². The lowest BCUT2D eigenvalue weighted by Crippen LogP contribution is -1.97. The highest BCUT2D eigenvalue weighted by Gasteiger charge is 2.13. The van der Waals surface area contributed by atoms with Crippen LogP contribution in [0.15, 0.2) is 85.2 Å². The fourth-order valence-corrected chi connectivity index (χ4v) is 4.29. The van der Waals surface area contributed by atoms with Crippen molar-refractivity contribution in [1.82, 2.24) is 24.9 Å². The molecule has 39 heavy (non-hydrogen) atoms. The van der Waals surface area contributed by atoms with Gasteiger partial charge in [-0.25, -0.2) is 19.6 Å². The second-order valence-corrected chi connectivity index (χ2v) is 9.15. The summed E-state index contributed by atoms with van der Waals surface area (Å²) in [7, 11) is 0. The van der Waals surface area contributed by atoms with E-state index in [2.05, 4.69) is 24.9 Å². The number of carboxylic acids is 2. The summed E-state index contributed by atoms with van der Waals surface area (Å²) in [5.74, 6) is -0.460. The van der Waals surface area contributed by atoms with E-state index in [9.17, 15) is 9.59 Å². The number of nitrogens with one attached hydrogen (secondary N) is 2. The Labute approximate surface area is 227 Å². The van der Waals surface area contributed by atoms with E-state index in [0.29, 0.717) is 28.9 Å². The van der Waals surface area contributed by atoms with Gasteiger partial charge < -0.3 is 20.2 Å². The van der Waals surface area contributed by atoms with Crippen LogP contribution in [0, 0.1) is 0 Å². The van der Waals surface area contributed by atoms with Crippen molar-refractivity contribution >= 4 is 45.6 Å². The molecule has 0 saturated heterocycles. The van der Waals surface area contributed by atoms with E-state index in [1.54, 1.807) is 36.7 Å². The molecule has 0 unspecified atom stereocenters. The highest BCUT2D eigenvalue weighted by Crippen LogP contribution is 2.20. The minimum atomic E-state index is -0.972. The number of aromatic nitrogens is 5. The number of para-hydroxylation sites is 2. The molecule has 10 heteroatoms. The molecule has 0 atom stereocenters. The van der Waals surface area contributed by atoms with Gasteiger partial charge in [0.2, 0.25) is 0 Å². The fraction of sp³-hybridized carbons (Fsp3) is 0.0690. The lowest BCUT2D eigenvalue weighted by molar-refractivity contribution is 0.0688. The lowest BCUT2D eigenvalue weighted by atomic mass is 10.1. The van der Waals surface area contributed by atoms with Crippen LogP contribution in [-0.2, 0) is 12.8 Å². The number of hydrogen-bond acceptors (Lipinski definition) is 5. The summed E-state index contributed by atoms with van der Waals surface area (Å²) in [6.07, 6.45) is 4.67. The summed E-state index contributed by atoms with van der Waals surface area (Å²) >= 11 is 5.85. The summed E-state index contributed by atoms with van der Waals surface area (Å²) in [4.78, 5) is 41.3. The minimum Gasteiger partial charge on any atom is -0.478 e. The Morgan fingerprint density at radius 2 is 1.13 bits per heavy atom. The Kier molecular flexibility index (Phi) is 7.33. The van der Waals surface area contributed by atoms with Crippen LogP contribution in [0.25, 0.3) is 22.1 Å². The summed E-state index contributed by atoms with van der Waals surface area (Å²) in [5, 5.41) is 19.0. The number of aromatic amines is 2. The smallest absolute Gasteiger partial charge is 0.337 e. The van der Waals surface area contributed by atoms with Crippen LogP contribution >= 0.6 is 11.6 Å². The first-order valence-corrected chi connectivity index (χ1v) is 12.3. The molecular formula is C29H22ClN5O4. The van der Waals surface area contributed by atoms with Crippen LogP contribution in [0.5, 0.6) is 0 Å². The normalized spacial score (nSPS) is 10.8. The molecule has 6 rings (SSSR count). The minimum absolute atomic E-state index is 0.209. The molecule has 0 saturated carbocycles. The SMILES string of the molecule is O=C(O)c1cccc2[nH]c(Cc3ccc(Cl)cc3)nc12.O=C(O)c1cccc2[nH]c(Cc3ccncc3)nc12. The third-order valence-corrected chi connectivity index (χ3v) is 6.24. The van der Waals surface area contributed by atoms with Crippen molar-refractivity contribution in [3.05, 3.63) is 124 Å². The molecule has 0 radical (unpaired) electrons. The average Bonchev–Trinajstić information content (AvgIpc) is 3.53. The van der Waals surface area contributed by atoms with Crippen LogP contribution in [0.4, 0.5) is 0 Å². The zero-order valence-electron chi connectivity index (χ0n) is 20.4. The first-order valence-electron chi connectivity index (χ1n) is 11.9. The van der Waals surface area contributed by atoms with Gasteiger partial charge in [-0.15, -0.1) is 0 Å². The lowest BCUT2D eigenvalue weighted by Gasteiger charge is -1.97. The molecule has 3 heterocycles. The number of benzene rings is 3. The Morgan fingerprint density at radius 1 is 0.667 bits per heavy atom. The number of carboxylic acid groups (broad SMARTS) is 2. The van der Waals surface area contributed by atoms with Gasteiger partial charge in [-0.3, -0.25) is 4.98 Å². The predicted octanol–water partition coefficient (Wildman–Crippen LogP) is 5.75. The van der Waals surface area contributed by atoms with Gasteiger partial charge >= 0.3 is 11.9 Å². The number of imidazole rings is 2. The van der Waals surface area contributed by atoms with Crippen LogP contribution in [0.2, 0.25) is 5.02 Å². The van der Waals surface area contributed by atoms with Crippen molar-refractivity contribution in [2.24, 2.45) is 0 Å². The molecular weight excluding hydrogens is 518 g/mol. The Balaban J connectivity index is 0.000000158. The largest absolute Gasteiger partial charge is 0.478 e. The van der Waals surface area contributed by atoms with E-state index in [0.717, 1.165) is 33.8 Å². The Morgan fingerprint density at radius 3 is 1.59 bits per heavy atom. The molecule has 0 bridgehead atoms. The number of rotatable bonds is 6. The van der Waals surface area contributed by atoms with Crippen molar-refractivity contribution in [1.29, 1.82) is 0 Å². The molecule has 0 amide bonds. The number of halogens is 1. The maximum Gasteiger partial charge on any atom is 0.337 e. The van der Waals surface area contributed by atoms with Crippen LogP contribution < -0.4 is 0 Å².